The molecule has 2 heterocycles. The molecular formula is C16H18BrN3S. The van der Waals surface area contributed by atoms with Crippen LogP contribution in [0.4, 0.5) is 0 Å². The second kappa shape index (κ2) is 5.91. The van der Waals surface area contributed by atoms with Crippen molar-refractivity contribution in [2.45, 2.75) is 33.4 Å². The molecule has 3 aromatic rings. The van der Waals surface area contributed by atoms with Crippen LogP contribution in [-0.2, 0) is 6.54 Å². The highest BCUT2D eigenvalue weighted by molar-refractivity contribution is 9.10. The first-order valence-electron chi connectivity index (χ1n) is 6.97. The number of hydrogen-bond donors (Lipinski definition) is 1. The minimum Gasteiger partial charge on any atom is -0.305 e. The quantitative estimate of drug-likeness (QED) is 0.732. The standard InChI is InChI=1S/C16H18BrN3S/c1-10-9-21-16-19-12(3)15(20(10)16)8-18-11(2)13-6-4-5-7-14(13)17/h4-7,9,11,18H,8H2,1-3H3/t11-/m0/s1. The molecule has 0 aliphatic carbocycles. The molecule has 3 nitrogen and oxygen atoms in total. The van der Waals surface area contributed by atoms with E-state index in [4.69, 9.17) is 0 Å². The lowest BCUT2D eigenvalue weighted by molar-refractivity contribution is 0.562. The minimum atomic E-state index is 0.282. The van der Waals surface area contributed by atoms with Crippen molar-refractivity contribution in [1.82, 2.24) is 14.7 Å². The number of nitrogens with zero attached hydrogens (tertiary/aromatic N) is 2. The molecule has 0 saturated heterocycles. The van der Waals surface area contributed by atoms with Crippen molar-refractivity contribution in [3.05, 3.63) is 56.8 Å². The monoisotopic (exact) mass is 363 g/mol. The van der Waals surface area contributed by atoms with E-state index in [1.54, 1.807) is 11.3 Å². The zero-order valence-electron chi connectivity index (χ0n) is 12.4. The number of halogens is 1. The maximum Gasteiger partial charge on any atom is 0.194 e. The molecule has 0 spiro atoms. The van der Waals surface area contributed by atoms with Gasteiger partial charge in [-0.15, -0.1) is 11.3 Å². The van der Waals surface area contributed by atoms with Gasteiger partial charge in [-0.1, -0.05) is 34.1 Å². The summed E-state index contributed by atoms with van der Waals surface area (Å²) >= 11 is 5.32. The van der Waals surface area contributed by atoms with Crippen LogP contribution in [0.15, 0.2) is 34.1 Å². The Labute approximate surface area is 137 Å². The molecule has 0 aliphatic rings. The summed E-state index contributed by atoms with van der Waals surface area (Å²) in [6.45, 7) is 7.21. The fraction of sp³-hybridized carbons (Fsp3) is 0.312. The molecule has 110 valence electrons. The molecule has 3 rings (SSSR count). The molecule has 1 atom stereocenters. The summed E-state index contributed by atoms with van der Waals surface area (Å²) in [7, 11) is 0. The van der Waals surface area contributed by atoms with Gasteiger partial charge in [0.2, 0.25) is 0 Å². The Kier molecular flexibility index (Phi) is 4.15. The summed E-state index contributed by atoms with van der Waals surface area (Å²) in [6.07, 6.45) is 0. The fourth-order valence-electron chi connectivity index (χ4n) is 2.56. The van der Waals surface area contributed by atoms with Gasteiger partial charge in [-0.3, -0.25) is 4.40 Å². The maximum atomic E-state index is 4.63. The lowest BCUT2D eigenvalue weighted by Gasteiger charge is -2.16. The van der Waals surface area contributed by atoms with Crippen molar-refractivity contribution in [2.75, 3.05) is 0 Å². The fourth-order valence-corrected chi connectivity index (χ4v) is 4.12. The summed E-state index contributed by atoms with van der Waals surface area (Å²) in [5.41, 5.74) is 4.89. The third-order valence-electron chi connectivity index (χ3n) is 3.78. The Bertz CT molecular complexity index is 775. The van der Waals surface area contributed by atoms with Crippen LogP contribution in [0.25, 0.3) is 4.96 Å². The molecule has 1 aromatic carbocycles. The van der Waals surface area contributed by atoms with Gasteiger partial charge in [0.05, 0.1) is 11.4 Å². The Morgan fingerprint density at radius 2 is 2.10 bits per heavy atom. The molecule has 0 amide bonds. The highest BCUT2D eigenvalue weighted by atomic mass is 79.9. The predicted molar refractivity (Wildman–Crippen MR) is 91.9 cm³/mol. The van der Waals surface area contributed by atoms with Gasteiger partial charge in [-0.25, -0.2) is 4.98 Å². The molecular weight excluding hydrogens is 346 g/mol. The van der Waals surface area contributed by atoms with Crippen LogP contribution < -0.4 is 5.32 Å². The first-order chi connectivity index (χ1) is 10.1. The van der Waals surface area contributed by atoms with Crippen LogP contribution in [0, 0.1) is 13.8 Å². The molecule has 5 heteroatoms. The zero-order chi connectivity index (χ0) is 15.0. The van der Waals surface area contributed by atoms with Crippen molar-refractivity contribution in [3.63, 3.8) is 0 Å². The van der Waals surface area contributed by atoms with Gasteiger partial charge in [0, 0.05) is 28.1 Å². The lowest BCUT2D eigenvalue weighted by atomic mass is 10.1. The van der Waals surface area contributed by atoms with Crippen molar-refractivity contribution < 1.29 is 0 Å². The summed E-state index contributed by atoms with van der Waals surface area (Å²) in [5, 5.41) is 5.76. The van der Waals surface area contributed by atoms with Crippen molar-refractivity contribution in [1.29, 1.82) is 0 Å². The van der Waals surface area contributed by atoms with Gasteiger partial charge in [0.15, 0.2) is 4.96 Å². The summed E-state index contributed by atoms with van der Waals surface area (Å²) in [4.78, 5) is 5.71. The molecule has 0 unspecified atom stereocenters. The molecule has 1 N–H and O–H groups in total. The maximum absolute atomic E-state index is 4.63. The van der Waals surface area contributed by atoms with E-state index < -0.39 is 0 Å². The Hall–Kier alpha value is -1.17. The normalized spacial score (nSPS) is 13.0. The third kappa shape index (κ3) is 2.78. The van der Waals surface area contributed by atoms with Crippen LogP contribution in [0.3, 0.4) is 0 Å². The Morgan fingerprint density at radius 3 is 2.86 bits per heavy atom. The van der Waals surface area contributed by atoms with E-state index in [-0.39, 0.29) is 6.04 Å². The number of hydrogen-bond acceptors (Lipinski definition) is 3. The Morgan fingerprint density at radius 1 is 1.33 bits per heavy atom. The summed E-state index contributed by atoms with van der Waals surface area (Å²) in [5.74, 6) is 0. The molecule has 0 aliphatic heterocycles. The van der Waals surface area contributed by atoms with Gasteiger partial charge >= 0.3 is 0 Å². The first-order valence-corrected chi connectivity index (χ1v) is 8.65. The van der Waals surface area contributed by atoms with Crippen molar-refractivity contribution in [3.8, 4) is 0 Å². The van der Waals surface area contributed by atoms with E-state index in [0.717, 1.165) is 21.7 Å². The van der Waals surface area contributed by atoms with E-state index in [0.29, 0.717) is 0 Å². The average Bonchev–Trinajstić information content (AvgIpc) is 2.96. The SMILES string of the molecule is Cc1nc2scc(C)n2c1CN[C@@H](C)c1ccccc1Br. The van der Waals surface area contributed by atoms with Crippen molar-refractivity contribution in [2.24, 2.45) is 0 Å². The van der Waals surface area contributed by atoms with Crippen LogP contribution >= 0.6 is 27.3 Å². The number of nitrogens with one attached hydrogen (secondary N) is 1. The number of fused-ring (bicyclic) bond motifs is 1. The molecule has 0 fully saturated rings. The Balaban J connectivity index is 1.82. The van der Waals surface area contributed by atoms with Crippen LogP contribution in [0.1, 0.15) is 35.6 Å². The zero-order valence-corrected chi connectivity index (χ0v) is 14.8. The summed E-state index contributed by atoms with van der Waals surface area (Å²) < 4.78 is 3.40. The number of thiazole rings is 1. The van der Waals surface area contributed by atoms with E-state index >= 15 is 0 Å². The predicted octanol–water partition coefficient (Wildman–Crippen LogP) is 4.63. The lowest BCUT2D eigenvalue weighted by Crippen LogP contribution is -2.20. The number of aryl methyl sites for hydroxylation is 2. The molecule has 0 bridgehead atoms. The van der Waals surface area contributed by atoms with Gasteiger partial charge in [-0.2, -0.15) is 0 Å². The third-order valence-corrected chi connectivity index (χ3v) is 5.44. The second-order valence-electron chi connectivity index (χ2n) is 5.26. The second-order valence-corrected chi connectivity index (χ2v) is 6.95. The first kappa shape index (κ1) is 14.8. The average molecular weight is 364 g/mol. The van der Waals surface area contributed by atoms with E-state index in [1.165, 1.54) is 17.0 Å². The molecule has 0 saturated carbocycles. The highest BCUT2D eigenvalue weighted by Crippen LogP contribution is 2.24. The van der Waals surface area contributed by atoms with Crippen molar-refractivity contribution >= 4 is 32.2 Å². The molecule has 0 radical (unpaired) electrons. The van der Waals surface area contributed by atoms with Crippen LogP contribution in [0.5, 0.6) is 0 Å². The largest absolute Gasteiger partial charge is 0.305 e. The highest BCUT2D eigenvalue weighted by Gasteiger charge is 2.14. The molecule has 21 heavy (non-hydrogen) atoms. The molecule has 2 aromatic heterocycles. The minimum absolute atomic E-state index is 0.282. The smallest absolute Gasteiger partial charge is 0.194 e. The number of aromatic nitrogens is 2. The topological polar surface area (TPSA) is 29.3 Å². The van der Waals surface area contributed by atoms with E-state index in [9.17, 15) is 0 Å². The van der Waals surface area contributed by atoms with Gasteiger partial charge in [0.1, 0.15) is 0 Å². The van der Waals surface area contributed by atoms with Gasteiger partial charge < -0.3 is 5.32 Å². The summed E-state index contributed by atoms with van der Waals surface area (Å²) in [6, 6.07) is 8.63. The number of imidazole rings is 1. The van der Waals surface area contributed by atoms with E-state index in [2.05, 4.69) is 75.0 Å². The van der Waals surface area contributed by atoms with Gasteiger partial charge in [0.25, 0.3) is 0 Å². The van der Waals surface area contributed by atoms with E-state index in [1.807, 2.05) is 6.07 Å². The number of benzene rings is 1. The van der Waals surface area contributed by atoms with Crippen LogP contribution in [-0.4, -0.2) is 9.38 Å². The van der Waals surface area contributed by atoms with Gasteiger partial charge in [-0.05, 0) is 32.4 Å². The van der Waals surface area contributed by atoms with Crippen LogP contribution in [0.2, 0.25) is 0 Å². The number of rotatable bonds is 4.